The number of piperazine rings is 1. The highest BCUT2D eigenvalue weighted by molar-refractivity contribution is 5.68. The molecule has 100 valence electrons. The molecule has 1 fully saturated rings. The number of hydrogen-bond acceptors (Lipinski definition) is 3. The van der Waals surface area contributed by atoms with Gasteiger partial charge in [-0.25, -0.2) is 4.79 Å². The van der Waals surface area contributed by atoms with Crippen LogP contribution in [0.5, 0.6) is 0 Å². The first-order valence-corrected chi connectivity index (χ1v) is 6.48. The van der Waals surface area contributed by atoms with Crippen molar-refractivity contribution in [3.63, 3.8) is 0 Å². The molecular formula is C13H26N2O2. The van der Waals surface area contributed by atoms with Crippen molar-refractivity contribution < 1.29 is 9.53 Å². The Kier molecular flexibility index (Phi) is 4.80. The highest BCUT2D eigenvalue weighted by Crippen LogP contribution is 2.12. The fourth-order valence-electron chi connectivity index (χ4n) is 1.96. The van der Waals surface area contributed by atoms with Crippen molar-refractivity contribution in [2.45, 2.75) is 40.2 Å². The molecule has 1 saturated heterocycles. The summed E-state index contributed by atoms with van der Waals surface area (Å²) in [5.41, 5.74) is -0.397. The number of nitrogens with zero attached hydrogens (tertiary/aromatic N) is 2. The lowest BCUT2D eigenvalue weighted by molar-refractivity contribution is 0.0137. The van der Waals surface area contributed by atoms with Crippen LogP contribution in [0.15, 0.2) is 0 Å². The van der Waals surface area contributed by atoms with E-state index in [4.69, 9.17) is 4.74 Å². The summed E-state index contributed by atoms with van der Waals surface area (Å²) in [6.07, 6.45) is -0.179. The molecule has 1 amide bonds. The SMILES string of the molecule is CC(C)CN1CCN(C(=O)OC(C)(C)C)CC1. The molecule has 0 saturated carbocycles. The fraction of sp³-hybridized carbons (Fsp3) is 0.923. The standard InChI is InChI=1S/C13H26N2O2/c1-11(2)10-14-6-8-15(9-7-14)12(16)17-13(3,4)5/h11H,6-10H2,1-5H3. The first kappa shape index (κ1) is 14.3. The van der Waals surface area contributed by atoms with E-state index in [0.29, 0.717) is 5.92 Å². The molecule has 0 aromatic carbocycles. The first-order chi connectivity index (χ1) is 7.78. The Balaban J connectivity index is 2.34. The van der Waals surface area contributed by atoms with E-state index in [1.165, 1.54) is 0 Å². The van der Waals surface area contributed by atoms with Crippen molar-refractivity contribution in [3.8, 4) is 0 Å². The summed E-state index contributed by atoms with van der Waals surface area (Å²) >= 11 is 0. The molecule has 0 radical (unpaired) electrons. The Morgan fingerprint density at radius 1 is 1.18 bits per heavy atom. The molecule has 0 aliphatic carbocycles. The van der Waals surface area contributed by atoms with Gasteiger partial charge < -0.3 is 9.64 Å². The third kappa shape index (κ3) is 5.39. The minimum Gasteiger partial charge on any atom is -0.444 e. The maximum absolute atomic E-state index is 11.8. The second kappa shape index (κ2) is 5.71. The minimum absolute atomic E-state index is 0.179. The number of amides is 1. The van der Waals surface area contributed by atoms with E-state index < -0.39 is 5.60 Å². The molecule has 0 N–H and O–H groups in total. The zero-order valence-corrected chi connectivity index (χ0v) is 11.8. The maximum atomic E-state index is 11.8. The summed E-state index contributed by atoms with van der Waals surface area (Å²) in [7, 11) is 0. The monoisotopic (exact) mass is 242 g/mol. The molecule has 1 aliphatic rings. The highest BCUT2D eigenvalue weighted by Gasteiger charge is 2.25. The summed E-state index contributed by atoms with van der Waals surface area (Å²) in [6.45, 7) is 14.7. The Labute approximate surface area is 105 Å². The lowest BCUT2D eigenvalue weighted by Gasteiger charge is -2.36. The average Bonchev–Trinajstić information content (AvgIpc) is 2.15. The van der Waals surface area contributed by atoms with Crippen molar-refractivity contribution in [3.05, 3.63) is 0 Å². The van der Waals surface area contributed by atoms with E-state index >= 15 is 0 Å². The number of carbonyl (C=O) groups excluding carboxylic acids is 1. The second-order valence-corrected chi connectivity index (χ2v) is 6.16. The summed E-state index contributed by atoms with van der Waals surface area (Å²) < 4.78 is 5.36. The molecule has 0 atom stereocenters. The molecule has 0 bridgehead atoms. The van der Waals surface area contributed by atoms with E-state index in [9.17, 15) is 4.79 Å². The van der Waals surface area contributed by atoms with Gasteiger partial charge in [0.1, 0.15) is 5.60 Å². The van der Waals surface area contributed by atoms with Crippen molar-refractivity contribution in [1.29, 1.82) is 0 Å². The van der Waals surface area contributed by atoms with Gasteiger partial charge in [-0.05, 0) is 26.7 Å². The van der Waals surface area contributed by atoms with Crippen molar-refractivity contribution >= 4 is 6.09 Å². The first-order valence-electron chi connectivity index (χ1n) is 6.48. The van der Waals surface area contributed by atoms with Crippen molar-refractivity contribution in [2.24, 2.45) is 5.92 Å². The second-order valence-electron chi connectivity index (χ2n) is 6.16. The van der Waals surface area contributed by atoms with Crippen LogP contribution >= 0.6 is 0 Å². The molecule has 0 unspecified atom stereocenters. The van der Waals surface area contributed by atoms with Gasteiger partial charge >= 0.3 is 6.09 Å². The van der Waals surface area contributed by atoms with E-state index in [2.05, 4.69) is 18.7 Å². The zero-order chi connectivity index (χ0) is 13.1. The van der Waals surface area contributed by atoms with Crippen LogP contribution in [0.2, 0.25) is 0 Å². The Bertz CT molecular complexity index is 251. The number of hydrogen-bond donors (Lipinski definition) is 0. The Hall–Kier alpha value is -0.770. The van der Waals surface area contributed by atoms with Gasteiger partial charge in [-0.3, -0.25) is 4.90 Å². The number of rotatable bonds is 2. The zero-order valence-electron chi connectivity index (χ0n) is 11.8. The van der Waals surface area contributed by atoms with Gasteiger partial charge in [-0.15, -0.1) is 0 Å². The summed E-state index contributed by atoms with van der Waals surface area (Å²) in [5.74, 6) is 0.683. The molecule has 0 spiro atoms. The van der Waals surface area contributed by atoms with E-state index in [1.54, 1.807) is 0 Å². The van der Waals surface area contributed by atoms with Crippen LogP contribution in [0.4, 0.5) is 4.79 Å². The molecule has 4 nitrogen and oxygen atoms in total. The van der Waals surface area contributed by atoms with E-state index in [-0.39, 0.29) is 6.09 Å². The topological polar surface area (TPSA) is 32.8 Å². The van der Waals surface area contributed by atoms with Crippen molar-refractivity contribution in [1.82, 2.24) is 9.80 Å². The van der Waals surface area contributed by atoms with Gasteiger partial charge in [-0.1, -0.05) is 13.8 Å². The average molecular weight is 242 g/mol. The van der Waals surface area contributed by atoms with Gasteiger partial charge in [0.05, 0.1) is 0 Å². The largest absolute Gasteiger partial charge is 0.444 e. The predicted octanol–water partition coefficient (Wildman–Crippen LogP) is 2.20. The molecule has 17 heavy (non-hydrogen) atoms. The van der Waals surface area contributed by atoms with Gasteiger partial charge in [-0.2, -0.15) is 0 Å². The predicted molar refractivity (Wildman–Crippen MR) is 69.1 cm³/mol. The Morgan fingerprint density at radius 3 is 2.12 bits per heavy atom. The van der Waals surface area contributed by atoms with E-state index in [1.807, 2.05) is 25.7 Å². The van der Waals surface area contributed by atoms with Gasteiger partial charge in [0.15, 0.2) is 0 Å². The Morgan fingerprint density at radius 2 is 1.71 bits per heavy atom. The number of carbonyl (C=O) groups is 1. The molecular weight excluding hydrogens is 216 g/mol. The van der Waals surface area contributed by atoms with Crippen LogP contribution in [0, 0.1) is 5.92 Å². The van der Waals surface area contributed by atoms with Crippen LogP contribution in [0.25, 0.3) is 0 Å². The van der Waals surface area contributed by atoms with Crippen LogP contribution in [-0.2, 0) is 4.74 Å². The van der Waals surface area contributed by atoms with Crippen LogP contribution in [-0.4, -0.2) is 54.2 Å². The number of ether oxygens (including phenoxy) is 1. The van der Waals surface area contributed by atoms with Gasteiger partial charge in [0.2, 0.25) is 0 Å². The normalized spacial score (nSPS) is 18.6. The van der Waals surface area contributed by atoms with Gasteiger partial charge in [0, 0.05) is 32.7 Å². The van der Waals surface area contributed by atoms with Crippen LogP contribution in [0.3, 0.4) is 0 Å². The summed E-state index contributed by atoms with van der Waals surface area (Å²) in [6, 6.07) is 0. The molecule has 0 aromatic rings. The third-order valence-electron chi connectivity index (χ3n) is 2.65. The molecule has 1 aliphatic heterocycles. The van der Waals surface area contributed by atoms with Crippen LogP contribution in [0.1, 0.15) is 34.6 Å². The van der Waals surface area contributed by atoms with E-state index in [0.717, 1.165) is 32.7 Å². The van der Waals surface area contributed by atoms with Crippen molar-refractivity contribution in [2.75, 3.05) is 32.7 Å². The third-order valence-corrected chi connectivity index (χ3v) is 2.65. The quantitative estimate of drug-likeness (QED) is 0.744. The fourth-order valence-corrected chi connectivity index (χ4v) is 1.96. The summed E-state index contributed by atoms with van der Waals surface area (Å²) in [5, 5.41) is 0. The minimum atomic E-state index is -0.397. The smallest absolute Gasteiger partial charge is 0.410 e. The molecule has 4 heteroatoms. The van der Waals surface area contributed by atoms with Crippen LogP contribution < -0.4 is 0 Å². The molecule has 1 rings (SSSR count). The molecule has 0 aromatic heterocycles. The molecule has 1 heterocycles. The summed E-state index contributed by atoms with van der Waals surface area (Å²) in [4.78, 5) is 16.0. The lowest BCUT2D eigenvalue weighted by atomic mass is 10.2. The lowest BCUT2D eigenvalue weighted by Crippen LogP contribution is -2.50. The maximum Gasteiger partial charge on any atom is 0.410 e. The highest BCUT2D eigenvalue weighted by atomic mass is 16.6. The van der Waals surface area contributed by atoms with Gasteiger partial charge in [0.25, 0.3) is 0 Å².